The van der Waals surface area contributed by atoms with Crippen molar-refractivity contribution in [1.29, 1.82) is 0 Å². The summed E-state index contributed by atoms with van der Waals surface area (Å²) in [6, 6.07) is 5.47. The molecule has 1 aromatic heterocycles. The van der Waals surface area contributed by atoms with Gasteiger partial charge in [-0.3, -0.25) is 0 Å². The molecule has 100 valence electrons. The molecule has 0 fully saturated rings. The Hall–Kier alpha value is -2.37. The van der Waals surface area contributed by atoms with Gasteiger partial charge in [-0.15, -0.1) is 0 Å². The Kier molecular flexibility index (Phi) is 3.79. The van der Waals surface area contributed by atoms with Crippen LogP contribution >= 0.6 is 0 Å². The number of aryl methyl sites for hydroxylation is 1. The summed E-state index contributed by atoms with van der Waals surface area (Å²) in [5.41, 5.74) is 1.69. The lowest BCUT2D eigenvalue weighted by Crippen LogP contribution is -2.04. The van der Waals surface area contributed by atoms with Gasteiger partial charge in [-0.25, -0.2) is 4.79 Å². The Labute approximate surface area is 110 Å². The zero-order valence-corrected chi connectivity index (χ0v) is 11.0. The summed E-state index contributed by atoms with van der Waals surface area (Å²) < 4.78 is 14.8. The van der Waals surface area contributed by atoms with Crippen molar-refractivity contribution in [1.82, 2.24) is 10.1 Å². The highest BCUT2D eigenvalue weighted by atomic mass is 16.6. The quantitative estimate of drug-likeness (QED) is 0.786. The fraction of sp³-hybridized carbons (Fsp3) is 0.308. The number of carbonyl (C=O) groups excluding carboxylic acids is 1. The molecule has 0 unspecified atom stereocenters. The molecule has 0 aliphatic carbocycles. The predicted octanol–water partition coefficient (Wildman–Crippen LogP) is 2.23. The van der Waals surface area contributed by atoms with Gasteiger partial charge in [0, 0.05) is 5.56 Å². The van der Waals surface area contributed by atoms with Crippen molar-refractivity contribution in [2.75, 3.05) is 13.7 Å². The number of nitrogens with zero attached hydrogens (tertiary/aromatic N) is 2. The Morgan fingerprint density at radius 3 is 2.84 bits per heavy atom. The van der Waals surface area contributed by atoms with Crippen molar-refractivity contribution in [2.45, 2.75) is 13.8 Å². The molecule has 0 aliphatic rings. The van der Waals surface area contributed by atoms with E-state index < -0.39 is 5.97 Å². The number of ether oxygens (including phenoxy) is 2. The van der Waals surface area contributed by atoms with Gasteiger partial charge in [-0.1, -0.05) is 5.16 Å². The molecule has 2 aromatic rings. The average Bonchev–Trinajstić information content (AvgIpc) is 2.88. The SMILES string of the molecule is CCOC(=O)c1nc(-c2ccc(OC)c(C)c2)no1. The van der Waals surface area contributed by atoms with Crippen LogP contribution in [0.2, 0.25) is 0 Å². The van der Waals surface area contributed by atoms with Crippen LogP contribution in [0.5, 0.6) is 5.75 Å². The van der Waals surface area contributed by atoms with E-state index in [1.165, 1.54) is 0 Å². The van der Waals surface area contributed by atoms with Crippen molar-refractivity contribution in [3.05, 3.63) is 29.7 Å². The number of methoxy groups -OCH3 is 1. The molecule has 6 heteroatoms. The third-order valence-corrected chi connectivity index (χ3v) is 2.53. The molecule has 1 heterocycles. The molecule has 2 rings (SSSR count). The molecule has 0 atom stereocenters. The third-order valence-electron chi connectivity index (χ3n) is 2.53. The molecule has 0 saturated heterocycles. The van der Waals surface area contributed by atoms with Gasteiger partial charge in [0.2, 0.25) is 5.82 Å². The molecule has 19 heavy (non-hydrogen) atoms. The zero-order chi connectivity index (χ0) is 13.8. The monoisotopic (exact) mass is 262 g/mol. The second-order valence-electron chi connectivity index (χ2n) is 3.83. The van der Waals surface area contributed by atoms with E-state index in [1.54, 1.807) is 20.1 Å². The molecule has 0 spiro atoms. The molecular weight excluding hydrogens is 248 g/mol. The van der Waals surface area contributed by atoms with E-state index in [0.29, 0.717) is 5.82 Å². The first kappa shape index (κ1) is 13.1. The van der Waals surface area contributed by atoms with Crippen LogP contribution in [0, 0.1) is 6.92 Å². The minimum atomic E-state index is -0.619. The Morgan fingerprint density at radius 2 is 2.21 bits per heavy atom. The first-order chi connectivity index (χ1) is 9.15. The second kappa shape index (κ2) is 5.51. The molecule has 0 saturated carbocycles. The number of rotatable bonds is 4. The number of hydrogen-bond acceptors (Lipinski definition) is 6. The van der Waals surface area contributed by atoms with E-state index >= 15 is 0 Å². The largest absolute Gasteiger partial charge is 0.496 e. The highest BCUT2D eigenvalue weighted by Gasteiger charge is 2.17. The first-order valence-electron chi connectivity index (χ1n) is 5.81. The summed E-state index contributed by atoms with van der Waals surface area (Å²) in [6.07, 6.45) is 0. The lowest BCUT2D eigenvalue weighted by Gasteiger charge is -2.04. The fourth-order valence-electron chi connectivity index (χ4n) is 1.63. The van der Waals surface area contributed by atoms with Crippen LogP contribution in [-0.2, 0) is 4.74 Å². The van der Waals surface area contributed by atoms with Gasteiger partial charge in [0.05, 0.1) is 13.7 Å². The van der Waals surface area contributed by atoms with Crippen LogP contribution in [-0.4, -0.2) is 29.8 Å². The van der Waals surface area contributed by atoms with E-state index in [-0.39, 0.29) is 12.5 Å². The average molecular weight is 262 g/mol. The topological polar surface area (TPSA) is 74.5 Å². The maximum Gasteiger partial charge on any atom is 0.397 e. The van der Waals surface area contributed by atoms with E-state index in [9.17, 15) is 4.79 Å². The summed E-state index contributed by atoms with van der Waals surface area (Å²) in [5.74, 6) is 0.350. The van der Waals surface area contributed by atoms with Crippen LogP contribution in [0.15, 0.2) is 22.7 Å². The fourth-order valence-corrected chi connectivity index (χ4v) is 1.63. The number of benzene rings is 1. The Bertz CT molecular complexity index is 592. The van der Waals surface area contributed by atoms with Crippen molar-refractivity contribution in [3.63, 3.8) is 0 Å². The summed E-state index contributed by atoms with van der Waals surface area (Å²) in [7, 11) is 1.61. The highest BCUT2D eigenvalue weighted by molar-refractivity contribution is 5.84. The molecule has 0 radical (unpaired) electrons. The van der Waals surface area contributed by atoms with Crippen LogP contribution < -0.4 is 4.74 Å². The number of aromatic nitrogens is 2. The normalized spacial score (nSPS) is 10.3. The second-order valence-corrected chi connectivity index (χ2v) is 3.83. The van der Waals surface area contributed by atoms with Gasteiger partial charge in [0.15, 0.2) is 0 Å². The number of carbonyl (C=O) groups is 1. The summed E-state index contributed by atoms with van der Waals surface area (Å²) in [6.45, 7) is 3.88. The van der Waals surface area contributed by atoms with Crippen LogP contribution in [0.25, 0.3) is 11.4 Å². The maximum absolute atomic E-state index is 11.4. The van der Waals surface area contributed by atoms with Gasteiger partial charge < -0.3 is 14.0 Å². The smallest absolute Gasteiger partial charge is 0.397 e. The van der Waals surface area contributed by atoms with Crippen LogP contribution in [0.3, 0.4) is 0 Å². The third kappa shape index (κ3) is 2.73. The minimum absolute atomic E-state index is 0.148. The first-order valence-corrected chi connectivity index (χ1v) is 5.81. The van der Waals surface area contributed by atoms with Crippen molar-refractivity contribution < 1.29 is 18.8 Å². The summed E-state index contributed by atoms with van der Waals surface area (Å²) >= 11 is 0. The predicted molar refractivity (Wildman–Crippen MR) is 67.0 cm³/mol. The van der Waals surface area contributed by atoms with Crippen molar-refractivity contribution >= 4 is 5.97 Å². The van der Waals surface area contributed by atoms with Gasteiger partial charge >= 0.3 is 11.9 Å². The van der Waals surface area contributed by atoms with Crippen LogP contribution in [0.4, 0.5) is 0 Å². The Balaban J connectivity index is 2.27. The Morgan fingerprint density at radius 1 is 1.42 bits per heavy atom. The van der Waals surface area contributed by atoms with Crippen molar-refractivity contribution in [3.8, 4) is 17.1 Å². The van der Waals surface area contributed by atoms with Crippen LogP contribution in [0.1, 0.15) is 23.2 Å². The van der Waals surface area contributed by atoms with E-state index in [0.717, 1.165) is 16.9 Å². The van der Waals surface area contributed by atoms with Crippen molar-refractivity contribution in [2.24, 2.45) is 0 Å². The number of hydrogen-bond donors (Lipinski definition) is 0. The maximum atomic E-state index is 11.4. The van der Waals surface area contributed by atoms with E-state index in [2.05, 4.69) is 10.1 Å². The standard InChI is InChI=1S/C13H14N2O4/c1-4-18-13(16)12-14-11(15-19-12)9-5-6-10(17-3)8(2)7-9/h5-7H,4H2,1-3H3. The highest BCUT2D eigenvalue weighted by Crippen LogP contribution is 2.24. The van der Waals surface area contributed by atoms with E-state index in [4.69, 9.17) is 14.0 Å². The van der Waals surface area contributed by atoms with Gasteiger partial charge in [-0.05, 0) is 37.6 Å². The van der Waals surface area contributed by atoms with E-state index in [1.807, 2.05) is 19.1 Å². The molecule has 6 nitrogen and oxygen atoms in total. The number of esters is 1. The lowest BCUT2D eigenvalue weighted by molar-refractivity contribution is 0.0470. The minimum Gasteiger partial charge on any atom is -0.496 e. The summed E-state index contributed by atoms with van der Waals surface area (Å²) in [4.78, 5) is 15.4. The zero-order valence-electron chi connectivity index (χ0n) is 11.0. The molecule has 0 aliphatic heterocycles. The summed E-state index contributed by atoms with van der Waals surface area (Å²) in [5, 5.41) is 3.76. The molecule has 0 bridgehead atoms. The molecule has 0 amide bonds. The van der Waals surface area contributed by atoms with Gasteiger partial charge in [-0.2, -0.15) is 4.98 Å². The van der Waals surface area contributed by atoms with Gasteiger partial charge in [0.1, 0.15) is 5.75 Å². The lowest BCUT2D eigenvalue weighted by atomic mass is 10.1. The molecule has 0 N–H and O–H groups in total. The van der Waals surface area contributed by atoms with Gasteiger partial charge in [0.25, 0.3) is 0 Å². The molecular formula is C13H14N2O4. The molecule has 1 aromatic carbocycles.